The van der Waals surface area contributed by atoms with Crippen molar-refractivity contribution in [2.45, 2.75) is 13.0 Å². The molecular weight excluding hydrogens is 506 g/mol. The van der Waals surface area contributed by atoms with E-state index in [4.69, 9.17) is 18.9 Å². The summed E-state index contributed by atoms with van der Waals surface area (Å²) in [6.45, 7) is 6.69. The van der Waals surface area contributed by atoms with Crippen molar-refractivity contribution in [1.82, 2.24) is 4.90 Å². The predicted octanol–water partition coefficient (Wildman–Crippen LogP) is 5.79. The predicted molar refractivity (Wildman–Crippen MR) is 159 cm³/mol. The summed E-state index contributed by atoms with van der Waals surface area (Å²) in [5, 5.41) is 20.2. The number of likely N-dealkylation sites (N-methyl/N-ethyl adjacent to an activating group) is 1. The van der Waals surface area contributed by atoms with Gasteiger partial charge >= 0.3 is 0 Å². The highest BCUT2D eigenvalue weighted by Crippen LogP contribution is 2.47. The lowest BCUT2D eigenvalue weighted by Crippen LogP contribution is -2.24. The van der Waals surface area contributed by atoms with Gasteiger partial charge in [-0.15, -0.1) is 0 Å². The Morgan fingerprint density at radius 3 is 2.35 bits per heavy atom. The Labute approximate surface area is 236 Å². The third-order valence-corrected chi connectivity index (χ3v) is 6.82. The van der Waals surface area contributed by atoms with Gasteiger partial charge in [0.25, 0.3) is 0 Å². The van der Waals surface area contributed by atoms with Gasteiger partial charge in [0.1, 0.15) is 23.4 Å². The Hall–Kier alpha value is -3.62. The van der Waals surface area contributed by atoms with Crippen LogP contribution in [0, 0.1) is 0 Å². The maximum atomic E-state index is 10.2. The van der Waals surface area contributed by atoms with Crippen molar-refractivity contribution in [2.24, 2.45) is 0 Å². The van der Waals surface area contributed by atoms with Crippen molar-refractivity contribution < 1.29 is 29.2 Å². The molecule has 0 fully saturated rings. The van der Waals surface area contributed by atoms with Gasteiger partial charge in [-0.2, -0.15) is 0 Å². The monoisotopic (exact) mass is 545 g/mol. The molecule has 0 spiro atoms. The first-order valence-corrected chi connectivity index (χ1v) is 13.6. The Balaban J connectivity index is 1.38. The largest absolute Gasteiger partial charge is 0.508 e. The van der Waals surface area contributed by atoms with Gasteiger partial charge in [0.2, 0.25) is 0 Å². The van der Waals surface area contributed by atoms with E-state index < -0.39 is 0 Å². The second kappa shape index (κ2) is 14.7. The molecule has 0 saturated carbocycles. The molecule has 1 aliphatic rings. The molecule has 1 atom stereocenters. The van der Waals surface area contributed by atoms with E-state index in [0.29, 0.717) is 33.0 Å². The third kappa shape index (κ3) is 7.96. The van der Waals surface area contributed by atoms with Gasteiger partial charge in [-0.3, -0.25) is 0 Å². The molecule has 3 aromatic rings. The van der Waals surface area contributed by atoms with E-state index in [1.54, 1.807) is 37.4 Å². The first-order chi connectivity index (χ1) is 19.5. The minimum absolute atomic E-state index is 0.188. The zero-order valence-corrected chi connectivity index (χ0v) is 23.5. The molecule has 0 aromatic heterocycles. The number of aromatic hydroxyl groups is 2. The van der Waals surface area contributed by atoms with Gasteiger partial charge in [0.15, 0.2) is 0 Å². The molecule has 1 unspecified atom stereocenters. The van der Waals surface area contributed by atoms with Crippen LogP contribution in [-0.2, 0) is 14.2 Å². The van der Waals surface area contributed by atoms with Gasteiger partial charge in [0, 0.05) is 31.3 Å². The van der Waals surface area contributed by atoms with Crippen LogP contribution in [0.25, 0.3) is 17.2 Å². The van der Waals surface area contributed by atoms with Gasteiger partial charge in [-0.25, -0.2) is 0 Å². The number of fused-ring (bicyclic) bond motifs is 1. The minimum Gasteiger partial charge on any atom is -0.508 e. The summed E-state index contributed by atoms with van der Waals surface area (Å²) in [5.41, 5.74) is 5.80. The Morgan fingerprint density at radius 1 is 0.875 bits per heavy atom. The zero-order chi connectivity index (χ0) is 28.3. The summed E-state index contributed by atoms with van der Waals surface area (Å²) in [4.78, 5) is 2.21. The van der Waals surface area contributed by atoms with E-state index in [0.717, 1.165) is 52.2 Å². The highest BCUT2D eigenvalue weighted by molar-refractivity contribution is 5.95. The molecule has 2 N–H and O–H groups in total. The summed E-state index contributed by atoms with van der Waals surface area (Å²) in [5.74, 6) is 1.11. The number of allylic oxidation sites excluding steroid dienone is 1. The lowest BCUT2D eigenvalue weighted by Gasteiger charge is -2.31. The van der Waals surface area contributed by atoms with E-state index in [2.05, 4.69) is 48.4 Å². The molecule has 3 aromatic carbocycles. The van der Waals surface area contributed by atoms with Crippen molar-refractivity contribution in [3.8, 4) is 17.2 Å². The molecule has 7 heteroatoms. The van der Waals surface area contributed by atoms with Gasteiger partial charge in [-0.1, -0.05) is 48.6 Å². The smallest absolute Gasteiger partial charge is 0.150 e. The van der Waals surface area contributed by atoms with E-state index in [-0.39, 0.29) is 17.6 Å². The summed E-state index contributed by atoms with van der Waals surface area (Å²) in [6.07, 6.45) is 3.90. The molecule has 0 saturated heterocycles. The SMILES string of the molecule is COCCOCCOCCN(C)C/C=C\c1ccc(C2Oc3ccc(O)cc3C(C)=C2c2cccc(O)c2)cc1. The first-order valence-electron chi connectivity index (χ1n) is 13.6. The third-order valence-electron chi connectivity index (χ3n) is 6.82. The number of methoxy groups -OCH3 is 1. The van der Waals surface area contributed by atoms with Crippen molar-refractivity contribution in [1.29, 1.82) is 0 Å². The number of ether oxygens (including phenoxy) is 4. The van der Waals surface area contributed by atoms with Gasteiger partial charge < -0.3 is 34.1 Å². The van der Waals surface area contributed by atoms with Crippen LogP contribution in [0.2, 0.25) is 0 Å². The van der Waals surface area contributed by atoms with Crippen LogP contribution < -0.4 is 4.74 Å². The molecule has 0 aliphatic carbocycles. The number of phenolic OH excluding ortho intramolecular Hbond substituents is 2. The van der Waals surface area contributed by atoms with Crippen molar-refractivity contribution >= 4 is 17.2 Å². The summed E-state index contributed by atoms with van der Waals surface area (Å²) >= 11 is 0. The van der Waals surface area contributed by atoms with Crippen LogP contribution in [0.4, 0.5) is 0 Å². The Kier molecular flexibility index (Phi) is 10.8. The number of rotatable bonds is 14. The highest BCUT2D eigenvalue weighted by atomic mass is 16.5. The molecule has 0 radical (unpaired) electrons. The van der Waals surface area contributed by atoms with Gasteiger partial charge in [0.05, 0.1) is 33.0 Å². The normalized spacial score (nSPS) is 15.1. The van der Waals surface area contributed by atoms with E-state index in [1.807, 2.05) is 19.1 Å². The van der Waals surface area contributed by atoms with Gasteiger partial charge in [-0.05, 0) is 66.6 Å². The van der Waals surface area contributed by atoms with E-state index >= 15 is 0 Å². The number of hydrogen-bond donors (Lipinski definition) is 2. The van der Waals surface area contributed by atoms with E-state index in [1.165, 1.54) is 0 Å². The molecule has 40 heavy (non-hydrogen) atoms. The maximum Gasteiger partial charge on any atom is 0.150 e. The van der Waals surface area contributed by atoms with Crippen LogP contribution in [0.1, 0.15) is 35.3 Å². The zero-order valence-electron chi connectivity index (χ0n) is 23.5. The van der Waals surface area contributed by atoms with Crippen LogP contribution in [-0.4, -0.2) is 75.4 Å². The standard InChI is InChI=1S/C33H39NO6/c1-24-30-23-29(36)13-14-31(30)40-33(32(24)27-7-4-8-28(35)22-27)26-11-9-25(10-12-26)6-5-15-34(2)16-17-38-20-21-39-19-18-37-3/h4-14,22-23,33,35-36H,15-21H2,1-3H3/b6-5-. The van der Waals surface area contributed by atoms with Crippen LogP contribution in [0.3, 0.4) is 0 Å². The lowest BCUT2D eigenvalue weighted by atomic mass is 9.86. The van der Waals surface area contributed by atoms with Crippen LogP contribution in [0.5, 0.6) is 17.2 Å². The fourth-order valence-corrected chi connectivity index (χ4v) is 4.64. The fraction of sp³-hybridized carbons (Fsp3) is 0.333. The minimum atomic E-state index is -0.353. The number of nitrogens with zero attached hydrogens (tertiary/aromatic N) is 1. The topological polar surface area (TPSA) is 80.6 Å². The number of hydrogen-bond acceptors (Lipinski definition) is 7. The average molecular weight is 546 g/mol. The Bertz CT molecular complexity index is 1300. The number of phenols is 2. The Morgan fingerprint density at radius 2 is 1.60 bits per heavy atom. The van der Waals surface area contributed by atoms with Crippen molar-refractivity contribution in [3.63, 3.8) is 0 Å². The molecule has 1 aliphatic heterocycles. The summed E-state index contributed by atoms with van der Waals surface area (Å²) < 4.78 is 22.5. The highest BCUT2D eigenvalue weighted by Gasteiger charge is 2.29. The van der Waals surface area contributed by atoms with Crippen LogP contribution >= 0.6 is 0 Å². The molecule has 7 nitrogen and oxygen atoms in total. The molecular formula is C33H39NO6. The molecule has 0 bridgehead atoms. The average Bonchev–Trinajstić information content (AvgIpc) is 2.95. The number of benzene rings is 3. The summed E-state index contributed by atoms with van der Waals surface area (Å²) in [7, 11) is 3.73. The lowest BCUT2D eigenvalue weighted by molar-refractivity contribution is 0.0213. The first kappa shape index (κ1) is 29.4. The second-order valence-electron chi connectivity index (χ2n) is 9.82. The van der Waals surface area contributed by atoms with Crippen molar-refractivity contribution in [2.75, 3.05) is 60.3 Å². The fourth-order valence-electron chi connectivity index (χ4n) is 4.64. The molecule has 212 valence electrons. The molecule has 0 amide bonds. The van der Waals surface area contributed by atoms with Crippen molar-refractivity contribution in [3.05, 3.63) is 95.1 Å². The van der Waals surface area contributed by atoms with E-state index in [9.17, 15) is 10.2 Å². The van der Waals surface area contributed by atoms with Crippen LogP contribution in [0.15, 0.2) is 72.8 Å². The molecule has 4 rings (SSSR count). The molecule has 1 heterocycles. The quantitative estimate of drug-likeness (QED) is 0.248. The maximum absolute atomic E-state index is 10.2. The summed E-state index contributed by atoms with van der Waals surface area (Å²) in [6, 6.07) is 20.7. The second-order valence-corrected chi connectivity index (χ2v) is 9.82.